The number of pyridine rings is 1. The number of aromatic nitrogens is 1. The van der Waals surface area contributed by atoms with Gasteiger partial charge in [-0.2, -0.15) is 5.26 Å². The van der Waals surface area contributed by atoms with Crippen LogP contribution in [0.1, 0.15) is 18.1 Å². The van der Waals surface area contributed by atoms with Gasteiger partial charge in [-0.15, -0.1) is 0 Å². The zero-order valence-corrected chi connectivity index (χ0v) is 12.6. The largest absolute Gasteiger partial charge is 0.340 e. The number of rotatable bonds is 3. The topological polar surface area (TPSA) is 48.7 Å². The SMILES string of the molecule is CCc1cc(Br)ccc1Nc1cc(C#N)cc(Cl)n1. The molecule has 19 heavy (non-hydrogen) atoms. The zero-order valence-electron chi connectivity index (χ0n) is 10.2. The molecule has 0 amide bonds. The Morgan fingerprint density at radius 2 is 2.16 bits per heavy atom. The van der Waals surface area contributed by atoms with Crippen molar-refractivity contribution in [2.75, 3.05) is 5.32 Å². The highest BCUT2D eigenvalue weighted by atomic mass is 79.9. The van der Waals surface area contributed by atoms with E-state index in [1.54, 1.807) is 6.07 Å². The molecule has 5 heteroatoms. The molecule has 0 aliphatic rings. The maximum Gasteiger partial charge on any atom is 0.133 e. The predicted octanol–water partition coefficient (Wildman–Crippen LogP) is 4.68. The lowest BCUT2D eigenvalue weighted by molar-refractivity contribution is 1.13. The van der Waals surface area contributed by atoms with Crippen LogP contribution in [0.4, 0.5) is 11.5 Å². The third-order valence-corrected chi connectivity index (χ3v) is 3.32. The Hall–Kier alpha value is -1.57. The molecule has 1 N–H and O–H groups in total. The maximum absolute atomic E-state index is 8.92. The molecule has 0 saturated carbocycles. The van der Waals surface area contributed by atoms with E-state index in [-0.39, 0.29) is 0 Å². The quantitative estimate of drug-likeness (QED) is 0.828. The van der Waals surface area contributed by atoms with Gasteiger partial charge < -0.3 is 5.32 Å². The fourth-order valence-electron chi connectivity index (χ4n) is 1.74. The third kappa shape index (κ3) is 3.46. The maximum atomic E-state index is 8.92. The summed E-state index contributed by atoms with van der Waals surface area (Å²) in [5.41, 5.74) is 2.61. The molecule has 1 aromatic carbocycles. The van der Waals surface area contributed by atoms with Crippen LogP contribution in [0, 0.1) is 11.3 Å². The van der Waals surface area contributed by atoms with E-state index in [1.165, 1.54) is 6.07 Å². The third-order valence-electron chi connectivity index (χ3n) is 2.63. The predicted molar refractivity (Wildman–Crippen MR) is 80.8 cm³/mol. The first-order valence-electron chi connectivity index (χ1n) is 5.75. The molecule has 0 aliphatic heterocycles. The molecule has 2 rings (SSSR count). The first-order valence-corrected chi connectivity index (χ1v) is 6.92. The number of nitrogens with one attached hydrogen (secondary N) is 1. The van der Waals surface area contributed by atoms with E-state index < -0.39 is 0 Å². The molecular formula is C14H11BrClN3. The second kappa shape index (κ2) is 6.05. The molecular weight excluding hydrogens is 326 g/mol. The number of halogens is 2. The van der Waals surface area contributed by atoms with Crippen LogP contribution in [-0.4, -0.2) is 4.98 Å². The van der Waals surface area contributed by atoms with Gasteiger partial charge in [0, 0.05) is 10.2 Å². The molecule has 2 aromatic rings. The summed E-state index contributed by atoms with van der Waals surface area (Å²) in [4.78, 5) is 4.17. The minimum absolute atomic E-state index is 0.303. The van der Waals surface area contributed by atoms with Crippen LogP contribution >= 0.6 is 27.5 Å². The lowest BCUT2D eigenvalue weighted by atomic mass is 10.1. The standard InChI is InChI=1S/C14H11BrClN3/c1-2-10-7-11(15)3-4-12(10)18-14-6-9(8-17)5-13(16)19-14/h3-7H,2H2,1H3,(H,18,19). The van der Waals surface area contributed by atoms with Gasteiger partial charge in [-0.3, -0.25) is 0 Å². The normalized spacial score (nSPS) is 10.0. The minimum atomic E-state index is 0.303. The number of benzene rings is 1. The van der Waals surface area contributed by atoms with Gasteiger partial charge in [0.15, 0.2) is 0 Å². The minimum Gasteiger partial charge on any atom is -0.340 e. The molecule has 0 saturated heterocycles. The van der Waals surface area contributed by atoms with Crippen molar-refractivity contribution in [3.63, 3.8) is 0 Å². The first-order chi connectivity index (χ1) is 9.12. The molecule has 0 radical (unpaired) electrons. The second-order valence-corrected chi connectivity index (χ2v) is 5.26. The van der Waals surface area contributed by atoms with E-state index >= 15 is 0 Å². The number of aryl methyl sites for hydroxylation is 1. The van der Waals surface area contributed by atoms with Crippen LogP contribution < -0.4 is 5.32 Å². The summed E-state index contributed by atoms with van der Waals surface area (Å²) in [5.74, 6) is 0.570. The molecule has 1 heterocycles. The number of hydrogen-bond acceptors (Lipinski definition) is 3. The lowest BCUT2D eigenvalue weighted by Crippen LogP contribution is -1.98. The first kappa shape index (κ1) is 13.9. The Bertz CT molecular complexity index is 650. The van der Waals surface area contributed by atoms with Gasteiger partial charge in [0.1, 0.15) is 11.0 Å². The summed E-state index contributed by atoms with van der Waals surface area (Å²) in [6.45, 7) is 2.08. The average molecular weight is 337 g/mol. The Morgan fingerprint density at radius 3 is 2.84 bits per heavy atom. The van der Waals surface area contributed by atoms with Crippen LogP contribution in [0.25, 0.3) is 0 Å². The number of anilines is 2. The van der Waals surface area contributed by atoms with Gasteiger partial charge in [-0.1, -0.05) is 34.5 Å². The van der Waals surface area contributed by atoms with Crippen molar-refractivity contribution in [3.8, 4) is 6.07 Å². The van der Waals surface area contributed by atoms with Crippen molar-refractivity contribution in [1.82, 2.24) is 4.98 Å². The van der Waals surface area contributed by atoms with E-state index in [2.05, 4.69) is 45.3 Å². The average Bonchev–Trinajstić information content (AvgIpc) is 2.40. The monoisotopic (exact) mass is 335 g/mol. The molecule has 0 fully saturated rings. The van der Waals surface area contributed by atoms with Crippen LogP contribution in [-0.2, 0) is 6.42 Å². The molecule has 96 valence electrons. The van der Waals surface area contributed by atoms with Crippen LogP contribution in [0.15, 0.2) is 34.8 Å². The highest BCUT2D eigenvalue weighted by Gasteiger charge is 2.05. The summed E-state index contributed by atoms with van der Waals surface area (Å²) >= 11 is 9.33. The molecule has 0 unspecified atom stereocenters. The van der Waals surface area contributed by atoms with Crippen LogP contribution in [0.3, 0.4) is 0 Å². The van der Waals surface area contributed by atoms with E-state index in [9.17, 15) is 0 Å². The van der Waals surface area contributed by atoms with Crippen molar-refractivity contribution in [3.05, 3.63) is 51.1 Å². The van der Waals surface area contributed by atoms with Gasteiger partial charge in [-0.05, 0) is 42.3 Å². The molecule has 0 bridgehead atoms. The van der Waals surface area contributed by atoms with Crippen molar-refractivity contribution < 1.29 is 0 Å². The zero-order chi connectivity index (χ0) is 13.8. The van der Waals surface area contributed by atoms with E-state index in [0.29, 0.717) is 16.5 Å². The fraction of sp³-hybridized carbons (Fsp3) is 0.143. The smallest absolute Gasteiger partial charge is 0.133 e. The van der Waals surface area contributed by atoms with Crippen molar-refractivity contribution in [2.24, 2.45) is 0 Å². The summed E-state index contributed by atoms with van der Waals surface area (Å²) in [7, 11) is 0. The molecule has 3 nitrogen and oxygen atoms in total. The fourth-order valence-corrected chi connectivity index (χ4v) is 2.36. The van der Waals surface area contributed by atoms with Gasteiger partial charge >= 0.3 is 0 Å². The Labute approximate surface area is 125 Å². The Kier molecular flexibility index (Phi) is 4.41. The highest BCUT2D eigenvalue weighted by molar-refractivity contribution is 9.10. The van der Waals surface area contributed by atoms with Gasteiger partial charge in [0.2, 0.25) is 0 Å². The van der Waals surface area contributed by atoms with Crippen molar-refractivity contribution in [2.45, 2.75) is 13.3 Å². The van der Waals surface area contributed by atoms with Crippen molar-refractivity contribution >= 4 is 39.0 Å². The molecule has 0 spiro atoms. The Balaban J connectivity index is 2.36. The van der Waals surface area contributed by atoms with E-state index in [0.717, 1.165) is 22.1 Å². The summed E-state index contributed by atoms with van der Waals surface area (Å²) in [6.07, 6.45) is 0.896. The number of nitrogens with zero attached hydrogens (tertiary/aromatic N) is 2. The lowest BCUT2D eigenvalue weighted by Gasteiger charge is -2.11. The molecule has 0 atom stereocenters. The highest BCUT2D eigenvalue weighted by Crippen LogP contribution is 2.25. The summed E-state index contributed by atoms with van der Waals surface area (Å²) < 4.78 is 1.03. The van der Waals surface area contributed by atoms with Gasteiger partial charge in [0.05, 0.1) is 11.6 Å². The molecule has 0 aliphatic carbocycles. The number of hydrogen-bond donors (Lipinski definition) is 1. The number of nitriles is 1. The van der Waals surface area contributed by atoms with Gasteiger partial charge in [-0.25, -0.2) is 4.98 Å². The second-order valence-electron chi connectivity index (χ2n) is 3.96. The van der Waals surface area contributed by atoms with E-state index in [1.807, 2.05) is 12.1 Å². The molecule has 1 aromatic heterocycles. The Morgan fingerprint density at radius 1 is 1.37 bits per heavy atom. The van der Waals surface area contributed by atoms with Crippen LogP contribution in [0.2, 0.25) is 5.15 Å². The van der Waals surface area contributed by atoms with E-state index in [4.69, 9.17) is 16.9 Å². The summed E-state index contributed by atoms with van der Waals surface area (Å²) in [6, 6.07) is 11.2. The van der Waals surface area contributed by atoms with Crippen molar-refractivity contribution in [1.29, 1.82) is 5.26 Å². The van der Waals surface area contributed by atoms with Crippen LogP contribution in [0.5, 0.6) is 0 Å². The van der Waals surface area contributed by atoms with Gasteiger partial charge in [0.25, 0.3) is 0 Å². The summed E-state index contributed by atoms with van der Waals surface area (Å²) in [5, 5.41) is 12.4.